The Balaban J connectivity index is 1.84. The molecule has 0 radical (unpaired) electrons. The number of hydrogen-bond acceptors (Lipinski definition) is 3. The van der Waals surface area contributed by atoms with E-state index in [1.165, 1.54) is 0 Å². The Morgan fingerprint density at radius 2 is 1.76 bits per heavy atom. The van der Waals surface area contributed by atoms with Gasteiger partial charge in [0, 0.05) is 37.1 Å². The number of rotatable bonds is 7. The van der Waals surface area contributed by atoms with Crippen LogP contribution in [0.3, 0.4) is 0 Å². The maximum Gasteiger partial charge on any atom is 0.319 e. The zero-order valence-electron chi connectivity index (χ0n) is 14.6. The highest BCUT2D eigenvalue weighted by Gasteiger charge is 2.09. The molecule has 0 fully saturated rings. The molecule has 0 aliphatic rings. The van der Waals surface area contributed by atoms with Crippen LogP contribution in [0.4, 0.5) is 10.5 Å². The second kappa shape index (κ2) is 9.42. The minimum absolute atomic E-state index is 0.000252. The molecule has 6 heteroatoms. The van der Waals surface area contributed by atoms with Gasteiger partial charge >= 0.3 is 6.03 Å². The summed E-state index contributed by atoms with van der Waals surface area (Å²) in [6, 6.07) is 10.8. The molecular formula is C19H24N4O2. The summed E-state index contributed by atoms with van der Waals surface area (Å²) in [6.07, 6.45) is 4.18. The maximum atomic E-state index is 12.0. The molecule has 1 aromatic carbocycles. The lowest BCUT2D eigenvalue weighted by molar-refractivity contribution is -0.124. The summed E-state index contributed by atoms with van der Waals surface area (Å²) in [5.74, 6) is 0.0382. The molecule has 1 heterocycles. The number of nitrogens with zero attached hydrogens (tertiary/aromatic N) is 1. The van der Waals surface area contributed by atoms with Crippen LogP contribution in [0.5, 0.6) is 0 Å². The highest BCUT2D eigenvalue weighted by Crippen LogP contribution is 2.11. The number of hydrogen-bond donors (Lipinski definition) is 3. The van der Waals surface area contributed by atoms with Crippen LogP contribution in [-0.4, -0.2) is 16.9 Å². The van der Waals surface area contributed by atoms with E-state index in [0.717, 1.165) is 17.5 Å². The zero-order valence-corrected chi connectivity index (χ0v) is 14.6. The highest BCUT2D eigenvalue weighted by atomic mass is 16.2. The van der Waals surface area contributed by atoms with Crippen LogP contribution >= 0.6 is 0 Å². The van der Waals surface area contributed by atoms with Crippen molar-refractivity contribution in [2.45, 2.75) is 33.4 Å². The summed E-state index contributed by atoms with van der Waals surface area (Å²) in [5.41, 5.74) is 2.60. The Morgan fingerprint density at radius 1 is 1.04 bits per heavy atom. The summed E-state index contributed by atoms with van der Waals surface area (Å²) in [4.78, 5) is 27.8. The molecule has 0 aliphatic heterocycles. The predicted octanol–water partition coefficient (Wildman–Crippen LogP) is 3.07. The number of anilines is 1. The third kappa shape index (κ3) is 6.25. The second-order valence-corrected chi connectivity index (χ2v) is 5.89. The Morgan fingerprint density at radius 3 is 2.48 bits per heavy atom. The van der Waals surface area contributed by atoms with Crippen molar-refractivity contribution in [3.63, 3.8) is 0 Å². The van der Waals surface area contributed by atoms with E-state index in [4.69, 9.17) is 0 Å². The van der Waals surface area contributed by atoms with Crippen molar-refractivity contribution in [1.29, 1.82) is 0 Å². The van der Waals surface area contributed by atoms with Crippen molar-refractivity contribution in [2.24, 2.45) is 5.92 Å². The lowest BCUT2D eigenvalue weighted by Crippen LogP contribution is -2.29. The van der Waals surface area contributed by atoms with E-state index in [-0.39, 0.29) is 17.9 Å². The van der Waals surface area contributed by atoms with Gasteiger partial charge in [-0.25, -0.2) is 4.79 Å². The average Bonchev–Trinajstić information content (AvgIpc) is 2.65. The number of carbonyl (C=O) groups excluding carboxylic acids is 2. The first-order valence-corrected chi connectivity index (χ1v) is 8.39. The Kier molecular flexibility index (Phi) is 6.95. The number of nitrogens with one attached hydrogen (secondary N) is 3. The van der Waals surface area contributed by atoms with E-state index in [9.17, 15) is 9.59 Å². The van der Waals surface area contributed by atoms with Gasteiger partial charge in [0.25, 0.3) is 0 Å². The van der Waals surface area contributed by atoms with Crippen molar-refractivity contribution in [2.75, 3.05) is 5.32 Å². The van der Waals surface area contributed by atoms with Crippen LogP contribution in [0.2, 0.25) is 0 Å². The Labute approximate surface area is 148 Å². The lowest BCUT2D eigenvalue weighted by atomic mass is 10.1. The van der Waals surface area contributed by atoms with Crippen LogP contribution in [0.15, 0.2) is 48.8 Å². The standard InChI is InChI=1S/C19H24N4O2/c1-3-14(2)18(24)21-13-16-5-4-6-17(11-16)23-19(25)22-12-15-7-9-20-10-8-15/h4-11,14H,3,12-13H2,1-2H3,(H,21,24)(H2,22,23,25)/t14-/m1/s1. The van der Waals surface area contributed by atoms with E-state index in [1.54, 1.807) is 12.4 Å². The minimum atomic E-state index is -0.280. The Bertz CT molecular complexity index is 704. The highest BCUT2D eigenvalue weighted by molar-refractivity contribution is 5.89. The fourth-order valence-electron chi connectivity index (χ4n) is 2.17. The minimum Gasteiger partial charge on any atom is -0.352 e. The van der Waals surface area contributed by atoms with Gasteiger partial charge < -0.3 is 16.0 Å². The number of pyridine rings is 1. The van der Waals surface area contributed by atoms with Gasteiger partial charge in [-0.2, -0.15) is 0 Å². The first-order chi connectivity index (χ1) is 12.1. The van der Waals surface area contributed by atoms with Gasteiger partial charge in [0.1, 0.15) is 0 Å². The van der Waals surface area contributed by atoms with Crippen molar-refractivity contribution in [3.05, 3.63) is 59.9 Å². The molecule has 0 saturated heterocycles. The first kappa shape index (κ1) is 18.4. The molecule has 3 N–H and O–H groups in total. The van der Waals surface area contributed by atoms with Crippen molar-refractivity contribution in [1.82, 2.24) is 15.6 Å². The largest absolute Gasteiger partial charge is 0.352 e. The number of carbonyl (C=O) groups is 2. The molecule has 1 aromatic heterocycles. The quantitative estimate of drug-likeness (QED) is 0.724. The molecule has 0 aliphatic carbocycles. The van der Waals surface area contributed by atoms with E-state index in [2.05, 4.69) is 20.9 Å². The second-order valence-electron chi connectivity index (χ2n) is 5.89. The average molecular weight is 340 g/mol. The predicted molar refractivity (Wildman–Crippen MR) is 97.8 cm³/mol. The van der Waals surface area contributed by atoms with Crippen molar-refractivity contribution < 1.29 is 9.59 Å². The summed E-state index contributed by atoms with van der Waals surface area (Å²) >= 11 is 0. The van der Waals surface area contributed by atoms with E-state index >= 15 is 0 Å². The van der Waals surface area contributed by atoms with Gasteiger partial charge in [0.05, 0.1) is 0 Å². The van der Waals surface area contributed by atoms with Crippen LogP contribution < -0.4 is 16.0 Å². The first-order valence-electron chi connectivity index (χ1n) is 8.39. The van der Waals surface area contributed by atoms with Gasteiger partial charge in [0.2, 0.25) is 5.91 Å². The molecule has 0 bridgehead atoms. The van der Waals surface area contributed by atoms with Crippen LogP contribution in [-0.2, 0) is 17.9 Å². The SMILES string of the molecule is CC[C@@H](C)C(=O)NCc1cccc(NC(=O)NCc2ccncc2)c1. The molecule has 3 amide bonds. The van der Waals surface area contributed by atoms with E-state index < -0.39 is 0 Å². The Hall–Kier alpha value is -2.89. The van der Waals surface area contributed by atoms with Gasteiger partial charge in [-0.15, -0.1) is 0 Å². The summed E-state index contributed by atoms with van der Waals surface area (Å²) < 4.78 is 0. The molecule has 1 atom stereocenters. The number of amides is 3. The number of benzene rings is 1. The topological polar surface area (TPSA) is 83.1 Å². The monoisotopic (exact) mass is 340 g/mol. The molecule has 6 nitrogen and oxygen atoms in total. The van der Waals surface area contributed by atoms with Gasteiger partial charge in [-0.1, -0.05) is 26.0 Å². The fraction of sp³-hybridized carbons (Fsp3) is 0.316. The summed E-state index contributed by atoms with van der Waals surface area (Å²) in [6.45, 7) is 4.76. The lowest BCUT2D eigenvalue weighted by Gasteiger charge is -2.11. The third-order valence-electron chi connectivity index (χ3n) is 3.91. The molecule has 2 aromatic rings. The molecule has 0 saturated carbocycles. The normalized spacial score (nSPS) is 11.4. The molecule has 0 spiro atoms. The van der Waals surface area contributed by atoms with Crippen molar-refractivity contribution >= 4 is 17.6 Å². The number of aromatic nitrogens is 1. The third-order valence-corrected chi connectivity index (χ3v) is 3.91. The van der Waals surface area contributed by atoms with Gasteiger partial charge in [-0.3, -0.25) is 9.78 Å². The molecular weight excluding hydrogens is 316 g/mol. The zero-order chi connectivity index (χ0) is 18.1. The van der Waals surface area contributed by atoms with Crippen LogP contribution in [0, 0.1) is 5.92 Å². The van der Waals surface area contributed by atoms with Crippen LogP contribution in [0.25, 0.3) is 0 Å². The molecule has 2 rings (SSSR count). The van der Waals surface area contributed by atoms with Crippen LogP contribution in [0.1, 0.15) is 31.4 Å². The summed E-state index contributed by atoms with van der Waals surface area (Å²) in [5, 5.41) is 8.49. The van der Waals surface area contributed by atoms with Crippen molar-refractivity contribution in [3.8, 4) is 0 Å². The fourth-order valence-corrected chi connectivity index (χ4v) is 2.17. The molecule has 132 valence electrons. The molecule has 25 heavy (non-hydrogen) atoms. The van der Waals surface area contributed by atoms with Gasteiger partial charge in [0.15, 0.2) is 0 Å². The van der Waals surface area contributed by atoms with E-state index in [0.29, 0.717) is 18.8 Å². The maximum absolute atomic E-state index is 12.0. The summed E-state index contributed by atoms with van der Waals surface area (Å²) in [7, 11) is 0. The number of urea groups is 1. The van der Waals surface area contributed by atoms with E-state index in [1.807, 2.05) is 50.2 Å². The smallest absolute Gasteiger partial charge is 0.319 e. The molecule has 0 unspecified atom stereocenters. The van der Waals surface area contributed by atoms with Gasteiger partial charge in [-0.05, 0) is 41.8 Å².